The van der Waals surface area contributed by atoms with Gasteiger partial charge in [0.15, 0.2) is 0 Å². The lowest BCUT2D eigenvalue weighted by Gasteiger charge is -2.31. The van der Waals surface area contributed by atoms with Crippen LogP contribution in [0.2, 0.25) is 0 Å². The molecule has 1 saturated heterocycles. The van der Waals surface area contributed by atoms with Crippen LogP contribution < -0.4 is 10.5 Å². The Kier molecular flexibility index (Phi) is 4.14. The number of hydrogen-bond donors (Lipinski definition) is 1. The number of pyridine rings is 1. The van der Waals surface area contributed by atoms with Gasteiger partial charge in [0.25, 0.3) is 0 Å². The van der Waals surface area contributed by atoms with Gasteiger partial charge >= 0.3 is 0 Å². The molecule has 0 saturated carbocycles. The monoisotopic (exact) mass is 266 g/mol. The fourth-order valence-electron chi connectivity index (χ4n) is 2.23. The van der Waals surface area contributed by atoms with Crippen molar-refractivity contribution in [2.24, 2.45) is 5.73 Å². The van der Waals surface area contributed by atoms with E-state index >= 15 is 0 Å². The largest absolute Gasteiger partial charge is 0.474 e. The lowest BCUT2D eigenvalue weighted by molar-refractivity contribution is -0.0729. The lowest BCUT2D eigenvalue weighted by Crippen LogP contribution is -2.35. The maximum Gasteiger partial charge on any atom is 0.214 e. The van der Waals surface area contributed by atoms with E-state index in [2.05, 4.69) is 18.8 Å². The average Bonchev–Trinajstić information content (AvgIpc) is 2.27. The van der Waals surface area contributed by atoms with Crippen molar-refractivity contribution in [2.45, 2.75) is 45.0 Å². The first-order valence-corrected chi connectivity index (χ1v) is 6.54. The summed E-state index contributed by atoms with van der Waals surface area (Å²) < 4.78 is 11.6. The third kappa shape index (κ3) is 3.40. The summed E-state index contributed by atoms with van der Waals surface area (Å²) in [6.45, 7) is 4.12. The Morgan fingerprint density at radius 3 is 2.67 bits per heavy atom. The van der Waals surface area contributed by atoms with Crippen molar-refractivity contribution in [1.82, 2.24) is 4.98 Å². The summed E-state index contributed by atoms with van der Waals surface area (Å²) in [5.74, 6) is 0.576. The van der Waals surface area contributed by atoms with Crippen LogP contribution >= 0.6 is 12.2 Å². The second-order valence-electron chi connectivity index (χ2n) is 4.69. The molecule has 0 radical (unpaired) electrons. The molecule has 0 bridgehead atoms. The summed E-state index contributed by atoms with van der Waals surface area (Å²) >= 11 is 4.90. The number of nitrogens with zero attached hydrogens (tertiary/aromatic N) is 1. The van der Waals surface area contributed by atoms with Crippen molar-refractivity contribution in [2.75, 3.05) is 0 Å². The summed E-state index contributed by atoms with van der Waals surface area (Å²) in [6, 6.07) is 5.46. The number of aromatic nitrogens is 1. The van der Waals surface area contributed by atoms with Gasteiger partial charge in [-0.3, -0.25) is 0 Å². The van der Waals surface area contributed by atoms with Crippen molar-refractivity contribution in [3.05, 3.63) is 23.9 Å². The van der Waals surface area contributed by atoms with Gasteiger partial charge in [-0.25, -0.2) is 4.98 Å². The maximum atomic E-state index is 5.88. The van der Waals surface area contributed by atoms with Gasteiger partial charge in [-0.2, -0.15) is 0 Å². The Bertz CT molecular complexity index is 429. The third-order valence-electron chi connectivity index (χ3n) is 2.92. The first kappa shape index (κ1) is 13.2. The number of nitrogens with two attached hydrogens (primary N) is 1. The van der Waals surface area contributed by atoms with E-state index in [0.717, 1.165) is 12.8 Å². The van der Waals surface area contributed by atoms with Crippen molar-refractivity contribution in [3.8, 4) is 5.88 Å². The molecule has 0 spiro atoms. The highest BCUT2D eigenvalue weighted by Crippen LogP contribution is 2.23. The van der Waals surface area contributed by atoms with Gasteiger partial charge in [-0.1, -0.05) is 18.3 Å². The molecule has 18 heavy (non-hydrogen) atoms. The van der Waals surface area contributed by atoms with Crippen molar-refractivity contribution < 1.29 is 9.47 Å². The molecule has 2 heterocycles. The molecule has 2 N–H and O–H groups in total. The molecule has 0 aliphatic carbocycles. The molecule has 1 aromatic rings. The molecule has 1 fully saturated rings. The van der Waals surface area contributed by atoms with Gasteiger partial charge in [0, 0.05) is 18.9 Å². The Morgan fingerprint density at radius 1 is 1.39 bits per heavy atom. The van der Waals surface area contributed by atoms with Crippen LogP contribution in [0.3, 0.4) is 0 Å². The van der Waals surface area contributed by atoms with Crippen LogP contribution in [0.25, 0.3) is 0 Å². The van der Waals surface area contributed by atoms with Crippen LogP contribution in [-0.2, 0) is 4.74 Å². The molecule has 98 valence electrons. The molecule has 1 aliphatic heterocycles. The Hall–Kier alpha value is -1.20. The second-order valence-corrected chi connectivity index (χ2v) is 5.13. The Balaban J connectivity index is 2.04. The highest BCUT2D eigenvalue weighted by Gasteiger charge is 2.26. The molecular formula is C13H18N2O2S. The summed E-state index contributed by atoms with van der Waals surface area (Å²) in [5, 5.41) is 0. The number of rotatable bonds is 3. The van der Waals surface area contributed by atoms with E-state index < -0.39 is 0 Å². The van der Waals surface area contributed by atoms with E-state index in [9.17, 15) is 0 Å². The van der Waals surface area contributed by atoms with Crippen LogP contribution in [0.5, 0.6) is 5.88 Å². The van der Waals surface area contributed by atoms with E-state index in [1.54, 1.807) is 6.07 Å². The SMILES string of the molecule is CC1CC(Oc2cccc(C(N)=S)n2)CC(C)O1. The highest BCUT2D eigenvalue weighted by molar-refractivity contribution is 7.80. The van der Waals surface area contributed by atoms with Crippen LogP contribution in [0.15, 0.2) is 18.2 Å². The summed E-state index contributed by atoms with van der Waals surface area (Å²) in [5.41, 5.74) is 6.15. The summed E-state index contributed by atoms with van der Waals surface area (Å²) in [7, 11) is 0. The summed E-state index contributed by atoms with van der Waals surface area (Å²) in [6.07, 6.45) is 2.33. The van der Waals surface area contributed by atoms with Crippen LogP contribution in [0.4, 0.5) is 0 Å². The molecule has 1 aromatic heterocycles. The normalized spacial score (nSPS) is 27.8. The van der Waals surface area contributed by atoms with E-state index in [4.69, 9.17) is 27.4 Å². The minimum absolute atomic E-state index is 0.137. The first-order chi connectivity index (χ1) is 8.54. The minimum atomic E-state index is 0.137. The molecule has 2 atom stereocenters. The first-order valence-electron chi connectivity index (χ1n) is 6.13. The molecule has 4 nitrogen and oxygen atoms in total. The van der Waals surface area contributed by atoms with Crippen molar-refractivity contribution >= 4 is 17.2 Å². The van der Waals surface area contributed by atoms with Gasteiger partial charge in [-0.05, 0) is 19.9 Å². The van der Waals surface area contributed by atoms with E-state index in [-0.39, 0.29) is 23.3 Å². The van der Waals surface area contributed by atoms with Crippen LogP contribution in [-0.4, -0.2) is 28.3 Å². The van der Waals surface area contributed by atoms with E-state index in [0.29, 0.717) is 11.6 Å². The number of ether oxygens (including phenoxy) is 2. The van der Waals surface area contributed by atoms with Gasteiger partial charge in [0.05, 0.1) is 12.2 Å². The Morgan fingerprint density at radius 2 is 2.06 bits per heavy atom. The number of hydrogen-bond acceptors (Lipinski definition) is 4. The van der Waals surface area contributed by atoms with Gasteiger partial charge in [-0.15, -0.1) is 0 Å². The quantitative estimate of drug-likeness (QED) is 0.849. The maximum absolute atomic E-state index is 5.88. The molecule has 2 rings (SSSR count). The zero-order valence-electron chi connectivity index (χ0n) is 10.6. The standard InChI is InChI=1S/C13H18N2O2S/c1-8-6-10(7-9(2)16-8)17-12-5-3-4-11(15-12)13(14)18/h3-5,8-10H,6-7H2,1-2H3,(H2,14,18). The van der Waals surface area contributed by atoms with Gasteiger partial charge in [0.1, 0.15) is 16.8 Å². The van der Waals surface area contributed by atoms with E-state index in [1.165, 1.54) is 0 Å². The zero-order chi connectivity index (χ0) is 13.1. The third-order valence-corrected chi connectivity index (χ3v) is 3.13. The predicted octanol–water partition coefficient (Wildman–Crippen LogP) is 2.05. The second kappa shape index (κ2) is 5.63. The predicted molar refractivity (Wildman–Crippen MR) is 73.8 cm³/mol. The minimum Gasteiger partial charge on any atom is -0.474 e. The van der Waals surface area contributed by atoms with Gasteiger partial charge < -0.3 is 15.2 Å². The van der Waals surface area contributed by atoms with Crippen molar-refractivity contribution in [1.29, 1.82) is 0 Å². The number of thiocarbonyl (C=S) groups is 1. The van der Waals surface area contributed by atoms with E-state index in [1.807, 2.05) is 12.1 Å². The molecular weight excluding hydrogens is 248 g/mol. The summed E-state index contributed by atoms with van der Waals surface area (Å²) in [4.78, 5) is 4.57. The van der Waals surface area contributed by atoms with Gasteiger partial charge in [0.2, 0.25) is 5.88 Å². The van der Waals surface area contributed by atoms with Crippen LogP contribution in [0, 0.1) is 0 Å². The fourth-order valence-corrected chi connectivity index (χ4v) is 2.34. The molecule has 2 unspecified atom stereocenters. The lowest BCUT2D eigenvalue weighted by atomic mass is 10.0. The van der Waals surface area contributed by atoms with Crippen LogP contribution in [0.1, 0.15) is 32.4 Å². The fraction of sp³-hybridized carbons (Fsp3) is 0.538. The van der Waals surface area contributed by atoms with Crippen molar-refractivity contribution in [3.63, 3.8) is 0 Å². The molecule has 1 aliphatic rings. The average molecular weight is 266 g/mol. The topological polar surface area (TPSA) is 57.4 Å². The zero-order valence-corrected chi connectivity index (χ0v) is 11.4. The smallest absolute Gasteiger partial charge is 0.214 e. The molecule has 0 amide bonds. The Labute approximate surface area is 112 Å². The highest BCUT2D eigenvalue weighted by atomic mass is 32.1. The molecule has 5 heteroatoms. The molecule has 0 aromatic carbocycles.